The van der Waals surface area contributed by atoms with Crippen LogP contribution in [-0.2, 0) is 14.3 Å². The Morgan fingerprint density at radius 2 is 2.43 bits per heavy atom. The zero-order chi connectivity index (χ0) is 10.0. The lowest BCUT2D eigenvalue weighted by molar-refractivity contribution is -0.149. The first-order valence-electron chi connectivity index (χ1n) is 5.18. The van der Waals surface area contributed by atoms with Gasteiger partial charge in [0, 0.05) is 12.6 Å². The maximum Gasteiger partial charge on any atom is 0.307 e. The van der Waals surface area contributed by atoms with Crippen LogP contribution >= 0.6 is 0 Å². The summed E-state index contributed by atoms with van der Waals surface area (Å²) in [7, 11) is 1.42. The van der Waals surface area contributed by atoms with E-state index in [1.54, 1.807) is 0 Å². The van der Waals surface area contributed by atoms with Crippen molar-refractivity contribution >= 4 is 5.97 Å². The van der Waals surface area contributed by atoms with Crippen molar-refractivity contribution < 1.29 is 14.3 Å². The van der Waals surface area contributed by atoms with Crippen LogP contribution in [0.5, 0.6) is 0 Å². The van der Waals surface area contributed by atoms with Gasteiger partial charge in [0.25, 0.3) is 0 Å². The van der Waals surface area contributed by atoms with E-state index in [1.807, 2.05) is 0 Å². The summed E-state index contributed by atoms with van der Waals surface area (Å²) in [6.45, 7) is 1.52. The van der Waals surface area contributed by atoms with Gasteiger partial charge < -0.3 is 14.8 Å². The number of esters is 1. The summed E-state index contributed by atoms with van der Waals surface area (Å²) in [4.78, 5) is 11.0. The molecule has 2 fully saturated rings. The molecule has 80 valence electrons. The lowest BCUT2D eigenvalue weighted by atomic mass is 9.79. The summed E-state index contributed by atoms with van der Waals surface area (Å²) in [5.41, 5.74) is 0.104. The van der Waals surface area contributed by atoms with Crippen LogP contribution in [0.3, 0.4) is 0 Å². The highest BCUT2D eigenvalue weighted by Crippen LogP contribution is 2.36. The van der Waals surface area contributed by atoms with Crippen molar-refractivity contribution in [3.8, 4) is 0 Å². The fourth-order valence-electron chi connectivity index (χ4n) is 2.03. The SMILES string of the molecule is COC(=O)CC1COC2(CCC2)CN1. The molecule has 0 aromatic heterocycles. The van der Waals surface area contributed by atoms with Crippen LogP contribution in [0.4, 0.5) is 0 Å². The molecule has 0 aromatic carbocycles. The van der Waals surface area contributed by atoms with Gasteiger partial charge in [-0.05, 0) is 19.3 Å². The first kappa shape index (κ1) is 9.93. The smallest absolute Gasteiger partial charge is 0.307 e. The molecule has 1 heterocycles. The fraction of sp³-hybridized carbons (Fsp3) is 0.900. The van der Waals surface area contributed by atoms with Gasteiger partial charge in [-0.2, -0.15) is 0 Å². The lowest BCUT2D eigenvalue weighted by Crippen LogP contribution is -2.58. The first-order valence-corrected chi connectivity index (χ1v) is 5.18. The van der Waals surface area contributed by atoms with Crippen molar-refractivity contribution in [1.29, 1.82) is 0 Å². The molecule has 0 radical (unpaired) electrons. The molecule has 1 saturated heterocycles. The first-order chi connectivity index (χ1) is 6.74. The third-order valence-electron chi connectivity index (χ3n) is 3.21. The van der Waals surface area contributed by atoms with Crippen molar-refractivity contribution in [1.82, 2.24) is 5.32 Å². The van der Waals surface area contributed by atoms with Crippen molar-refractivity contribution in [2.24, 2.45) is 0 Å². The molecule has 4 heteroatoms. The quantitative estimate of drug-likeness (QED) is 0.656. The molecule has 1 atom stereocenters. The fourth-order valence-corrected chi connectivity index (χ4v) is 2.03. The standard InChI is InChI=1S/C10H17NO3/c1-13-9(12)5-8-6-14-10(7-11-8)3-2-4-10/h8,11H,2-7H2,1H3. The minimum atomic E-state index is -0.171. The number of hydrogen-bond acceptors (Lipinski definition) is 4. The van der Waals surface area contributed by atoms with Crippen LogP contribution in [-0.4, -0.2) is 37.9 Å². The molecule has 2 rings (SSSR count). The van der Waals surface area contributed by atoms with Crippen LogP contribution in [0.15, 0.2) is 0 Å². The minimum Gasteiger partial charge on any atom is -0.469 e. The maximum atomic E-state index is 11.0. The van der Waals surface area contributed by atoms with Crippen LogP contribution in [0.1, 0.15) is 25.7 Å². The second-order valence-electron chi connectivity index (χ2n) is 4.21. The number of nitrogens with one attached hydrogen (secondary N) is 1. The Kier molecular flexibility index (Phi) is 2.74. The number of carbonyl (C=O) groups is 1. The lowest BCUT2D eigenvalue weighted by Gasteiger charge is -2.46. The molecule has 1 aliphatic carbocycles. The number of hydrogen-bond donors (Lipinski definition) is 1. The van der Waals surface area contributed by atoms with E-state index in [-0.39, 0.29) is 17.6 Å². The Hall–Kier alpha value is -0.610. The number of rotatable bonds is 2. The number of ether oxygens (including phenoxy) is 2. The highest BCUT2D eigenvalue weighted by Gasteiger charge is 2.41. The molecule has 1 saturated carbocycles. The van der Waals surface area contributed by atoms with Crippen molar-refractivity contribution in [2.75, 3.05) is 20.3 Å². The van der Waals surface area contributed by atoms with E-state index in [4.69, 9.17) is 4.74 Å². The van der Waals surface area contributed by atoms with Gasteiger partial charge in [-0.15, -0.1) is 0 Å². The van der Waals surface area contributed by atoms with Gasteiger partial charge in [0.1, 0.15) is 0 Å². The molecule has 0 bridgehead atoms. The average molecular weight is 199 g/mol. The Bertz CT molecular complexity index is 215. The summed E-state index contributed by atoms with van der Waals surface area (Å²) in [5, 5.41) is 3.35. The molecular formula is C10H17NO3. The molecular weight excluding hydrogens is 182 g/mol. The Morgan fingerprint density at radius 1 is 1.64 bits per heavy atom. The number of carbonyl (C=O) groups excluding carboxylic acids is 1. The van der Waals surface area contributed by atoms with Gasteiger partial charge >= 0.3 is 5.97 Å². The van der Waals surface area contributed by atoms with Gasteiger partial charge in [-0.1, -0.05) is 0 Å². The van der Waals surface area contributed by atoms with E-state index in [2.05, 4.69) is 10.1 Å². The van der Waals surface area contributed by atoms with Gasteiger partial charge in [0.2, 0.25) is 0 Å². The van der Waals surface area contributed by atoms with Gasteiger partial charge in [-0.3, -0.25) is 4.79 Å². The normalized spacial score (nSPS) is 29.6. The zero-order valence-corrected chi connectivity index (χ0v) is 8.54. The highest BCUT2D eigenvalue weighted by molar-refractivity contribution is 5.69. The van der Waals surface area contributed by atoms with Gasteiger partial charge in [-0.25, -0.2) is 0 Å². The van der Waals surface area contributed by atoms with Crippen LogP contribution in [0.2, 0.25) is 0 Å². The Labute approximate surface area is 84.0 Å². The predicted molar refractivity (Wildman–Crippen MR) is 51.0 cm³/mol. The minimum absolute atomic E-state index is 0.104. The summed E-state index contributed by atoms with van der Waals surface area (Å²) in [6.07, 6.45) is 3.99. The summed E-state index contributed by atoms with van der Waals surface area (Å²) in [5.74, 6) is -0.171. The topological polar surface area (TPSA) is 47.6 Å². The molecule has 1 unspecified atom stereocenters. The van der Waals surface area contributed by atoms with E-state index in [9.17, 15) is 4.79 Å². The van der Waals surface area contributed by atoms with Crippen molar-refractivity contribution in [3.05, 3.63) is 0 Å². The summed E-state index contributed by atoms with van der Waals surface area (Å²) >= 11 is 0. The van der Waals surface area contributed by atoms with E-state index in [0.717, 1.165) is 19.4 Å². The molecule has 1 N–H and O–H groups in total. The molecule has 14 heavy (non-hydrogen) atoms. The second kappa shape index (κ2) is 3.87. The van der Waals surface area contributed by atoms with Crippen LogP contribution < -0.4 is 5.32 Å². The number of methoxy groups -OCH3 is 1. The Balaban J connectivity index is 1.75. The van der Waals surface area contributed by atoms with Crippen molar-refractivity contribution in [3.63, 3.8) is 0 Å². The predicted octanol–water partition coefficient (Wildman–Crippen LogP) is 0.461. The van der Waals surface area contributed by atoms with Gasteiger partial charge in [0.05, 0.1) is 25.7 Å². The monoisotopic (exact) mass is 199 g/mol. The average Bonchev–Trinajstić information content (AvgIpc) is 2.16. The molecule has 1 aliphatic heterocycles. The molecule has 0 aromatic rings. The van der Waals surface area contributed by atoms with Crippen LogP contribution in [0.25, 0.3) is 0 Å². The molecule has 2 aliphatic rings. The molecule has 4 nitrogen and oxygen atoms in total. The van der Waals surface area contributed by atoms with E-state index in [0.29, 0.717) is 13.0 Å². The summed E-state index contributed by atoms with van der Waals surface area (Å²) < 4.78 is 10.4. The van der Waals surface area contributed by atoms with E-state index < -0.39 is 0 Å². The van der Waals surface area contributed by atoms with E-state index in [1.165, 1.54) is 13.5 Å². The Morgan fingerprint density at radius 3 is 2.86 bits per heavy atom. The zero-order valence-electron chi connectivity index (χ0n) is 8.54. The maximum absolute atomic E-state index is 11.0. The second-order valence-corrected chi connectivity index (χ2v) is 4.21. The largest absolute Gasteiger partial charge is 0.469 e. The third kappa shape index (κ3) is 1.91. The van der Waals surface area contributed by atoms with Crippen LogP contribution in [0, 0.1) is 0 Å². The third-order valence-corrected chi connectivity index (χ3v) is 3.21. The van der Waals surface area contributed by atoms with Gasteiger partial charge in [0.15, 0.2) is 0 Å². The van der Waals surface area contributed by atoms with Crippen molar-refractivity contribution in [2.45, 2.75) is 37.3 Å². The number of morpholine rings is 1. The summed E-state index contributed by atoms with van der Waals surface area (Å²) in [6, 6.07) is 0.133. The van der Waals surface area contributed by atoms with E-state index >= 15 is 0 Å². The highest BCUT2D eigenvalue weighted by atomic mass is 16.5. The molecule has 1 spiro atoms. The molecule has 0 amide bonds.